The highest BCUT2D eigenvalue weighted by Gasteiger charge is 2.27. The standard InChI is InChI=1S/C17H26N2O2/c1-5-15-8-6-7-12(2)17(15)18-16(20)11-19-9-13(3)21-14(4)10-19/h6-8,13-14H,5,9-11H2,1-4H3,(H,18,20)/p+1/t13-,14-/m1/s1. The Morgan fingerprint density at radius 2 is 2.00 bits per heavy atom. The minimum Gasteiger partial charge on any atom is -0.364 e. The van der Waals surface area contributed by atoms with E-state index in [4.69, 9.17) is 4.74 Å². The molecule has 0 radical (unpaired) electrons. The van der Waals surface area contributed by atoms with Crippen LogP contribution in [0.3, 0.4) is 0 Å². The maximum Gasteiger partial charge on any atom is 0.279 e. The van der Waals surface area contributed by atoms with Crippen molar-refractivity contribution in [2.24, 2.45) is 0 Å². The number of carbonyl (C=O) groups excluding carboxylic acids is 1. The number of para-hydroxylation sites is 1. The second-order valence-electron chi connectivity index (χ2n) is 6.10. The summed E-state index contributed by atoms with van der Waals surface area (Å²) in [6.07, 6.45) is 1.37. The van der Waals surface area contributed by atoms with Crippen LogP contribution in [0.2, 0.25) is 0 Å². The molecule has 0 bridgehead atoms. The van der Waals surface area contributed by atoms with Crippen molar-refractivity contribution in [2.75, 3.05) is 25.0 Å². The van der Waals surface area contributed by atoms with Gasteiger partial charge >= 0.3 is 0 Å². The molecule has 1 aromatic carbocycles. The number of anilines is 1. The molecule has 1 heterocycles. The van der Waals surface area contributed by atoms with Crippen molar-refractivity contribution in [1.82, 2.24) is 0 Å². The minimum absolute atomic E-state index is 0.0929. The molecule has 4 nitrogen and oxygen atoms in total. The molecule has 1 aromatic rings. The third kappa shape index (κ3) is 4.29. The number of hydrogen-bond donors (Lipinski definition) is 2. The molecule has 2 N–H and O–H groups in total. The van der Waals surface area contributed by atoms with Gasteiger partial charge in [0.1, 0.15) is 25.3 Å². The summed E-state index contributed by atoms with van der Waals surface area (Å²) in [5, 5.41) is 3.11. The molecule has 1 fully saturated rings. The number of rotatable bonds is 4. The number of quaternary nitrogens is 1. The Morgan fingerprint density at radius 1 is 1.33 bits per heavy atom. The van der Waals surface area contributed by atoms with Gasteiger partial charge in [-0.15, -0.1) is 0 Å². The molecule has 1 aliphatic rings. The van der Waals surface area contributed by atoms with Gasteiger partial charge in [-0.3, -0.25) is 4.79 Å². The van der Waals surface area contributed by atoms with E-state index in [-0.39, 0.29) is 18.1 Å². The molecule has 0 unspecified atom stereocenters. The first-order chi connectivity index (χ1) is 9.99. The van der Waals surface area contributed by atoms with E-state index in [1.807, 2.05) is 19.1 Å². The zero-order valence-corrected chi connectivity index (χ0v) is 13.5. The highest BCUT2D eigenvalue weighted by Crippen LogP contribution is 2.20. The van der Waals surface area contributed by atoms with Gasteiger partial charge in [0.2, 0.25) is 0 Å². The van der Waals surface area contributed by atoms with Crippen LogP contribution in [0.4, 0.5) is 5.69 Å². The van der Waals surface area contributed by atoms with Gasteiger partial charge in [-0.1, -0.05) is 25.1 Å². The van der Waals surface area contributed by atoms with Crippen LogP contribution in [-0.2, 0) is 16.0 Å². The van der Waals surface area contributed by atoms with Gasteiger partial charge in [0.15, 0.2) is 6.54 Å². The molecule has 0 spiro atoms. The molecule has 1 amide bonds. The highest BCUT2D eigenvalue weighted by atomic mass is 16.5. The van der Waals surface area contributed by atoms with Gasteiger partial charge in [-0.05, 0) is 38.3 Å². The molecule has 0 aliphatic carbocycles. The molecule has 0 aromatic heterocycles. The van der Waals surface area contributed by atoms with E-state index in [1.54, 1.807) is 0 Å². The second-order valence-corrected chi connectivity index (χ2v) is 6.10. The van der Waals surface area contributed by atoms with E-state index < -0.39 is 0 Å². The van der Waals surface area contributed by atoms with Crippen LogP contribution >= 0.6 is 0 Å². The summed E-state index contributed by atoms with van der Waals surface area (Å²) in [7, 11) is 0. The van der Waals surface area contributed by atoms with Crippen LogP contribution in [0.25, 0.3) is 0 Å². The first kappa shape index (κ1) is 16.0. The molecule has 2 atom stereocenters. The average Bonchev–Trinajstić information content (AvgIpc) is 2.39. The van der Waals surface area contributed by atoms with Crippen molar-refractivity contribution >= 4 is 11.6 Å². The zero-order valence-electron chi connectivity index (χ0n) is 13.5. The summed E-state index contributed by atoms with van der Waals surface area (Å²) >= 11 is 0. The number of aryl methyl sites for hydroxylation is 2. The lowest BCUT2D eigenvalue weighted by Crippen LogP contribution is -3.16. The van der Waals surface area contributed by atoms with Crippen LogP contribution in [0.1, 0.15) is 31.9 Å². The topological polar surface area (TPSA) is 42.8 Å². The monoisotopic (exact) mass is 291 g/mol. The molecule has 21 heavy (non-hydrogen) atoms. The summed E-state index contributed by atoms with van der Waals surface area (Å²) in [4.78, 5) is 13.6. The zero-order chi connectivity index (χ0) is 15.4. The molecule has 2 rings (SSSR count). The molecular weight excluding hydrogens is 264 g/mol. The fraction of sp³-hybridized carbons (Fsp3) is 0.588. The third-order valence-corrected chi connectivity index (χ3v) is 4.03. The second kappa shape index (κ2) is 7.05. The summed E-state index contributed by atoms with van der Waals surface area (Å²) in [5.41, 5.74) is 3.31. The average molecular weight is 291 g/mol. The maximum atomic E-state index is 12.3. The predicted octanol–water partition coefficient (Wildman–Crippen LogP) is 1.19. The van der Waals surface area contributed by atoms with Gasteiger partial charge in [-0.25, -0.2) is 0 Å². The van der Waals surface area contributed by atoms with Crippen LogP contribution in [0.15, 0.2) is 18.2 Å². The van der Waals surface area contributed by atoms with Crippen molar-refractivity contribution in [3.05, 3.63) is 29.3 Å². The number of benzene rings is 1. The van der Waals surface area contributed by atoms with Crippen molar-refractivity contribution in [2.45, 2.75) is 46.3 Å². The molecule has 1 saturated heterocycles. The van der Waals surface area contributed by atoms with Gasteiger partial charge in [0.05, 0.1) is 0 Å². The molecular formula is C17H27N2O2+. The third-order valence-electron chi connectivity index (χ3n) is 4.03. The van der Waals surface area contributed by atoms with Crippen molar-refractivity contribution in [1.29, 1.82) is 0 Å². The van der Waals surface area contributed by atoms with Crippen molar-refractivity contribution in [3.8, 4) is 0 Å². The van der Waals surface area contributed by atoms with Crippen LogP contribution in [0.5, 0.6) is 0 Å². The van der Waals surface area contributed by atoms with E-state index in [9.17, 15) is 4.79 Å². The molecule has 0 saturated carbocycles. The summed E-state index contributed by atoms with van der Waals surface area (Å²) in [6, 6.07) is 6.16. The van der Waals surface area contributed by atoms with E-state index in [2.05, 4.69) is 32.2 Å². The number of nitrogens with one attached hydrogen (secondary N) is 2. The number of hydrogen-bond acceptors (Lipinski definition) is 2. The Balaban J connectivity index is 1.99. The number of carbonyl (C=O) groups is 1. The molecule has 1 aliphatic heterocycles. The molecule has 4 heteroatoms. The largest absolute Gasteiger partial charge is 0.364 e. The maximum absolute atomic E-state index is 12.3. The normalized spacial score (nSPS) is 25.6. The number of ether oxygens (including phenoxy) is 1. The lowest BCUT2D eigenvalue weighted by atomic mass is 10.1. The predicted molar refractivity (Wildman–Crippen MR) is 84.8 cm³/mol. The van der Waals surface area contributed by atoms with Crippen LogP contribution in [-0.4, -0.2) is 37.7 Å². The highest BCUT2D eigenvalue weighted by molar-refractivity contribution is 5.93. The Bertz CT molecular complexity index is 492. The van der Waals surface area contributed by atoms with Gasteiger partial charge < -0.3 is 15.0 Å². The fourth-order valence-corrected chi connectivity index (χ4v) is 3.15. The lowest BCUT2D eigenvalue weighted by molar-refractivity contribution is -0.907. The lowest BCUT2D eigenvalue weighted by Gasteiger charge is -2.32. The summed E-state index contributed by atoms with van der Waals surface area (Å²) in [5.74, 6) is 0.0929. The van der Waals surface area contributed by atoms with E-state index in [0.29, 0.717) is 6.54 Å². The van der Waals surface area contributed by atoms with Gasteiger partial charge in [-0.2, -0.15) is 0 Å². The fourth-order valence-electron chi connectivity index (χ4n) is 3.15. The van der Waals surface area contributed by atoms with E-state index >= 15 is 0 Å². The minimum atomic E-state index is 0.0929. The first-order valence-corrected chi connectivity index (χ1v) is 7.87. The van der Waals surface area contributed by atoms with Crippen LogP contribution in [0, 0.1) is 6.92 Å². The van der Waals surface area contributed by atoms with Gasteiger partial charge in [0, 0.05) is 5.69 Å². The number of amides is 1. The van der Waals surface area contributed by atoms with Crippen LogP contribution < -0.4 is 10.2 Å². The first-order valence-electron chi connectivity index (χ1n) is 7.87. The van der Waals surface area contributed by atoms with E-state index in [1.165, 1.54) is 10.5 Å². The Hall–Kier alpha value is -1.39. The SMILES string of the molecule is CCc1cccc(C)c1NC(=O)C[NH+]1C[C@@H](C)O[C@H](C)C1. The Morgan fingerprint density at radius 3 is 2.62 bits per heavy atom. The van der Waals surface area contributed by atoms with Crippen molar-refractivity contribution in [3.63, 3.8) is 0 Å². The summed E-state index contributed by atoms with van der Waals surface area (Å²) < 4.78 is 5.72. The van der Waals surface area contributed by atoms with Gasteiger partial charge in [0.25, 0.3) is 5.91 Å². The summed E-state index contributed by atoms with van der Waals surface area (Å²) in [6.45, 7) is 10.6. The Kier molecular flexibility index (Phi) is 5.37. The quantitative estimate of drug-likeness (QED) is 0.875. The Labute approximate surface area is 127 Å². The van der Waals surface area contributed by atoms with E-state index in [0.717, 1.165) is 30.8 Å². The smallest absolute Gasteiger partial charge is 0.279 e. The molecule has 116 valence electrons. The van der Waals surface area contributed by atoms with Crippen molar-refractivity contribution < 1.29 is 14.4 Å². The number of morpholine rings is 1.